The van der Waals surface area contributed by atoms with Crippen molar-refractivity contribution in [3.8, 4) is 17.1 Å². The van der Waals surface area contributed by atoms with Gasteiger partial charge in [0.05, 0.1) is 5.56 Å². The molecule has 2 aromatic carbocycles. The molecule has 1 aromatic heterocycles. The monoisotopic (exact) mass is 391 g/mol. The summed E-state index contributed by atoms with van der Waals surface area (Å²) >= 11 is 0. The van der Waals surface area contributed by atoms with Crippen LogP contribution in [0, 0.1) is 6.92 Å². The van der Waals surface area contributed by atoms with Crippen molar-refractivity contribution >= 4 is 5.91 Å². The van der Waals surface area contributed by atoms with Crippen molar-refractivity contribution in [2.75, 3.05) is 0 Å². The van der Waals surface area contributed by atoms with Crippen LogP contribution in [0.3, 0.4) is 0 Å². The molecule has 0 radical (unpaired) electrons. The number of nitrogens with one attached hydrogen (secondary N) is 1. The van der Waals surface area contributed by atoms with Gasteiger partial charge < -0.3 is 14.6 Å². The fraction of sp³-hybridized carbons (Fsp3) is 0.348. The highest BCUT2D eigenvalue weighted by Gasteiger charge is 2.19. The Labute approximate surface area is 170 Å². The fourth-order valence-electron chi connectivity index (χ4n) is 3.56. The molecular weight excluding hydrogens is 366 g/mol. The van der Waals surface area contributed by atoms with E-state index in [1.807, 2.05) is 43.3 Å². The quantitative estimate of drug-likeness (QED) is 0.660. The number of para-hydroxylation sites is 1. The minimum Gasteiger partial charge on any atom is -0.483 e. The molecule has 1 aliphatic rings. The molecule has 1 N–H and O–H groups in total. The van der Waals surface area contributed by atoms with Gasteiger partial charge in [-0.1, -0.05) is 66.4 Å². The zero-order valence-electron chi connectivity index (χ0n) is 16.6. The highest BCUT2D eigenvalue weighted by atomic mass is 16.5. The third-order valence-corrected chi connectivity index (χ3v) is 5.20. The molecule has 0 spiro atoms. The zero-order valence-corrected chi connectivity index (χ0v) is 16.6. The highest BCUT2D eigenvalue weighted by molar-refractivity contribution is 5.97. The van der Waals surface area contributed by atoms with Crippen LogP contribution in [0.1, 0.15) is 53.9 Å². The van der Waals surface area contributed by atoms with Crippen molar-refractivity contribution in [3.63, 3.8) is 0 Å². The van der Waals surface area contributed by atoms with Gasteiger partial charge in [0.1, 0.15) is 5.75 Å². The summed E-state index contributed by atoms with van der Waals surface area (Å²) in [4.78, 5) is 17.1. The molecule has 6 heteroatoms. The first-order valence-corrected chi connectivity index (χ1v) is 10.1. The first-order chi connectivity index (χ1) is 14.2. The number of hydrogen-bond donors (Lipinski definition) is 1. The van der Waals surface area contributed by atoms with Crippen LogP contribution < -0.4 is 10.1 Å². The molecular formula is C23H25N3O3. The number of hydrogen-bond acceptors (Lipinski definition) is 5. The van der Waals surface area contributed by atoms with Crippen LogP contribution in [0.2, 0.25) is 0 Å². The molecule has 1 aliphatic carbocycles. The van der Waals surface area contributed by atoms with Gasteiger partial charge in [-0.3, -0.25) is 4.79 Å². The van der Waals surface area contributed by atoms with Crippen LogP contribution in [0.25, 0.3) is 11.4 Å². The molecule has 3 aromatic rings. The highest BCUT2D eigenvalue weighted by Crippen LogP contribution is 2.23. The summed E-state index contributed by atoms with van der Waals surface area (Å²) in [7, 11) is 0. The Morgan fingerprint density at radius 1 is 1.10 bits per heavy atom. The standard InChI is InChI=1S/C23H25N3O3/c1-16-11-13-17(14-12-16)22-25-21(29-26-22)15-28-20-10-6-5-9-19(20)23(27)24-18-7-3-2-4-8-18/h5-6,9-14,18H,2-4,7-8,15H2,1H3,(H,24,27). The molecule has 0 aliphatic heterocycles. The van der Waals surface area contributed by atoms with Crippen molar-refractivity contribution in [2.24, 2.45) is 0 Å². The molecule has 4 rings (SSSR count). The Morgan fingerprint density at radius 2 is 1.86 bits per heavy atom. The maximum Gasteiger partial charge on any atom is 0.264 e. The Balaban J connectivity index is 1.41. The van der Waals surface area contributed by atoms with E-state index in [2.05, 4.69) is 15.5 Å². The van der Waals surface area contributed by atoms with E-state index in [9.17, 15) is 4.79 Å². The molecule has 1 fully saturated rings. The van der Waals surface area contributed by atoms with Gasteiger partial charge in [-0.25, -0.2) is 0 Å². The maximum absolute atomic E-state index is 12.7. The molecule has 1 saturated carbocycles. The normalized spacial score (nSPS) is 14.5. The van der Waals surface area contributed by atoms with Crippen LogP contribution in [-0.2, 0) is 6.61 Å². The van der Waals surface area contributed by atoms with E-state index in [0.717, 1.165) is 18.4 Å². The number of amides is 1. The van der Waals surface area contributed by atoms with Crippen LogP contribution in [0.15, 0.2) is 53.1 Å². The summed E-state index contributed by atoms with van der Waals surface area (Å²) in [6.45, 7) is 2.13. The van der Waals surface area contributed by atoms with Crippen molar-refractivity contribution in [3.05, 3.63) is 65.5 Å². The minimum atomic E-state index is -0.0987. The average Bonchev–Trinajstić information content (AvgIpc) is 3.23. The summed E-state index contributed by atoms with van der Waals surface area (Å²) in [6.07, 6.45) is 5.67. The maximum atomic E-state index is 12.7. The topological polar surface area (TPSA) is 77.2 Å². The molecule has 0 atom stereocenters. The van der Waals surface area contributed by atoms with Gasteiger partial charge in [0, 0.05) is 11.6 Å². The van der Waals surface area contributed by atoms with Crippen molar-refractivity contribution < 1.29 is 14.1 Å². The van der Waals surface area contributed by atoms with Crippen molar-refractivity contribution in [1.82, 2.24) is 15.5 Å². The number of ether oxygens (including phenoxy) is 1. The van der Waals surface area contributed by atoms with E-state index in [1.165, 1.54) is 24.8 Å². The number of nitrogens with zero attached hydrogens (tertiary/aromatic N) is 2. The van der Waals surface area contributed by atoms with E-state index < -0.39 is 0 Å². The summed E-state index contributed by atoms with van der Waals surface area (Å²) < 4.78 is 11.2. The number of aryl methyl sites for hydroxylation is 1. The second-order valence-corrected chi connectivity index (χ2v) is 7.47. The molecule has 6 nitrogen and oxygen atoms in total. The third kappa shape index (κ3) is 4.83. The zero-order chi connectivity index (χ0) is 20.1. The van der Waals surface area contributed by atoms with E-state index in [-0.39, 0.29) is 18.6 Å². The van der Waals surface area contributed by atoms with Gasteiger partial charge in [0.25, 0.3) is 11.8 Å². The SMILES string of the molecule is Cc1ccc(-c2noc(COc3ccccc3C(=O)NC3CCCCC3)n2)cc1. The van der Waals surface area contributed by atoms with Crippen LogP contribution in [-0.4, -0.2) is 22.1 Å². The Hall–Kier alpha value is -3.15. The molecule has 1 heterocycles. The van der Waals surface area contributed by atoms with Crippen molar-refractivity contribution in [2.45, 2.75) is 51.7 Å². The van der Waals surface area contributed by atoms with Gasteiger partial charge in [-0.15, -0.1) is 0 Å². The first-order valence-electron chi connectivity index (χ1n) is 10.1. The lowest BCUT2D eigenvalue weighted by Crippen LogP contribution is -2.36. The average molecular weight is 391 g/mol. The summed E-state index contributed by atoms with van der Waals surface area (Å²) in [5, 5.41) is 7.15. The Kier molecular flexibility index (Phi) is 5.89. The number of benzene rings is 2. The van der Waals surface area contributed by atoms with Gasteiger partial charge in [0.2, 0.25) is 5.82 Å². The number of carbonyl (C=O) groups is 1. The molecule has 0 unspecified atom stereocenters. The Bertz CT molecular complexity index is 960. The van der Waals surface area contributed by atoms with Gasteiger partial charge in [-0.05, 0) is 31.9 Å². The van der Waals surface area contributed by atoms with Gasteiger partial charge in [-0.2, -0.15) is 4.98 Å². The first kappa shape index (κ1) is 19.2. The summed E-state index contributed by atoms with van der Waals surface area (Å²) in [6, 6.07) is 15.4. The predicted octanol–water partition coefficient (Wildman–Crippen LogP) is 4.69. The molecule has 1 amide bonds. The van der Waals surface area contributed by atoms with E-state index in [4.69, 9.17) is 9.26 Å². The smallest absolute Gasteiger partial charge is 0.264 e. The van der Waals surface area contributed by atoms with E-state index in [1.54, 1.807) is 12.1 Å². The second-order valence-electron chi connectivity index (χ2n) is 7.47. The van der Waals surface area contributed by atoms with Crippen molar-refractivity contribution in [1.29, 1.82) is 0 Å². The lowest BCUT2D eigenvalue weighted by atomic mass is 9.95. The minimum absolute atomic E-state index is 0.0987. The van der Waals surface area contributed by atoms with Gasteiger partial charge >= 0.3 is 0 Å². The van der Waals surface area contributed by atoms with E-state index >= 15 is 0 Å². The number of rotatable bonds is 6. The second kappa shape index (κ2) is 8.90. The van der Waals surface area contributed by atoms with Gasteiger partial charge in [0.15, 0.2) is 6.61 Å². The van der Waals surface area contributed by atoms with Crippen LogP contribution >= 0.6 is 0 Å². The predicted molar refractivity (Wildman–Crippen MR) is 110 cm³/mol. The largest absolute Gasteiger partial charge is 0.483 e. The van der Waals surface area contributed by atoms with Crippen LogP contribution in [0.5, 0.6) is 5.75 Å². The molecule has 0 saturated heterocycles. The van der Waals surface area contributed by atoms with E-state index in [0.29, 0.717) is 23.0 Å². The Morgan fingerprint density at radius 3 is 2.66 bits per heavy atom. The number of carbonyl (C=O) groups excluding carboxylic acids is 1. The lowest BCUT2D eigenvalue weighted by Gasteiger charge is -2.23. The lowest BCUT2D eigenvalue weighted by molar-refractivity contribution is 0.0922. The number of aromatic nitrogens is 2. The van der Waals surface area contributed by atoms with Crippen LogP contribution in [0.4, 0.5) is 0 Å². The summed E-state index contributed by atoms with van der Waals surface area (Å²) in [5.41, 5.74) is 2.58. The molecule has 29 heavy (non-hydrogen) atoms. The molecule has 150 valence electrons. The third-order valence-electron chi connectivity index (χ3n) is 5.20. The molecule has 0 bridgehead atoms. The fourth-order valence-corrected chi connectivity index (χ4v) is 3.56. The summed E-state index contributed by atoms with van der Waals surface area (Å²) in [5.74, 6) is 1.30.